The van der Waals surface area contributed by atoms with Gasteiger partial charge in [-0.2, -0.15) is 20.1 Å². The van der Waals surface area contributed by atoms with Gasteiger partial charge in [-0.3, -0.25) is 0 Å². The molecule has 2 heterocycles. The maximum Gasteiger partial charge on any atom is 0.257 e. The van der Waals surface area contributed by atoms with Crippen molar-refractivity contribution in [3.63, 3.8) is 0 Å². The fourth-order valence-corrected chi connectivity index (χ4v) is 1.86. The molecule has 0 saturated heterocycles. The molecule has 0 amide bonds. The number of unbranched alkanes of at least 4 members (excludes halogenated alkanes) is 2. The molecule has 21 heavy (non-hydrogen) atoms. The summed E-state index contributed by atoms with van der Waals surface area (Å²) in [5.41, 5.74) is 0. The van der Waals surface area contributed by atoms with Gasteiger partial charge in [0.1, 0.15) is 0 Å². The summed E-state index contributed by atoms with van der Waals surface area (Å²) in [6.45, 7) is 1.06. The van der Waals surface area contributed by atoms with Crippen molar-refractivity contribution in [1.82, 2.24) is 24.7 Å². The maximum atomic E-state index is 8.79. The summed E-state index contributed by atoms with van der Waals surface area (Å²) in [5, 5.41) is 15.9. The first kappa shape index (κ1) is 15.2. The molecular formula is C13H21N7O. The van der Waals surface area contributed by atoms with Crippen molar-refractivity contribution in [2.45, 2.75) is 19.3 Å². The molecule has 8 nitrogen and oxygen atoms in total. The number of nitrogens with one attached hydrogen (secondary N) is 1. The zero-order chi connectivity index (χ0) is 15.1. The van der Waals surface area contributed by atoms with E-state index >= 15 is 0 Å². The minimum absolute atomic E-state index is 0.239. The number of aromatic nitrogens is 5. The minimum Gasteiger partial charge on any atom is -0.396 e. The van der Waals surface area contributed by atoms with Crippen LogP contribution in [-0.2, 0) is 0 Å². The van der Waals surface area contributed by atoms with E-state index in [9.17, 15) is 0 Å². The molecular weight excluding hydrogens is 270 g/mol. The lowest BCUT2D eigenvalue weighted by Gasteiger charge is -2.17. The summed E-state index contributed by atoms with van der Waals surface area (Å²) in [4.78, 5) is 15.1. The Morgan fingerprint density at radius 1 is 1.24 bits per heavy atom. The van der Waals surface area contributed by atoms with Crippen LogP contribution in [0.3, 0.4) is 0 Å². The van der Waals surface area contributed by atoms with Gasteiger partial charge >= 0.3 is 0 Å². The van der Waals surface area contributed by atoms with E-state index in [1.165, 1.54) is 0 Å². The van der Waals surface area contributed by atoms with E-state index in [1.807, 2.05) is 18.0 Å². The highest BCUT2D eigenvalue weighted by molar-refractivity contribution is 5.38. The van der Waals surface area contributed by atoms with Gasteiger partial charge in [-0.25, -0.2) is 4.68 Å². The molecule has 0 aliphatic rings. The van der Waals surface area contributed by atoms with Gasteiger partial charge in [0.25, 0.3) is 5.95 Å². The van der Waals surface area contributed by atoms with Crippen molar-refractivity contribution < 1.29 is 5.11 Å². The van der Waals surface area contributed by atoms with Crippen molar-refractivity contribution in [1.29, 1.82) is 0 Å². The summed E-state index contributed by atoms with van der Waals surface area (Å²) in [6, 6.07) is 1.82. The van der Waals surface area contributed by atoms with E-state index in [0.29, 0.717) is 17.8 Å². The highest BCUT2D eigenvalue weighted by Crippen LogP contribution is 2.12. The number of rotatable bonds is 8. The van der Waals surface area contributed by atoms with Crippen molar-refractivity contribution in [2.24, 2.45) is 0 Å². The Bertz CT molecular complexity index is 543. The average Bonchev–Trinajstić information content (AvgIpc) is 3.05. The highest BCUT2D eigenvalue weighted by Gasteiger charge is 2.11. The molecule has 0 spiro atoms. The van der Waals surface area contributed by atoms with Gasteiger partial charge in [-0.15, -0.1) is 0 Å². The van der Waals surface area contributed by atoms with Gasteiger partial charge in [-0.1, -0.05) is 0 Å². The molecule has 0 radical (unpaired) electrons. The molecule has 114 valence electrons. The Morgan fingerprint density at radius 2 is 2.10 bits per heavy atom. The molecule has 0 fully saturated rings. The topological polar surface area (TPSA) is 92.0 Å². The van der Waals surface area contributed by atoms with Crippen LogP contribution in [0.5, 0.6) is 0 Å². The maximum absolute atomic E-state index is 8.79. The molecule has 2 aromatic rings. The quantitative estimate of drug-likeness (QED) is 0.691. The van der Waals surface area contributed by atoms with Crippen LogP contribution < -0.4 is 10.2 Å². The fourth-order valence-electron chi connectivity index (χ4n) is 1.86. The van der Waals surface area contributed by atoms with E-state index in [-0.39, 0.29) is 6.61 Å². The number of hydrogen-bond acceptors (Lipinski definition) is 7. The van der Waals surface area contributed by atoms with Crippen LogP contribution >= 0.6 is 0 Å². The van der Waals surface area contributed by atoms with Crippen LogP contribution in [0.1, 0.15) is 19.3 Å². The number of anilines is 2. The average molecular weight is 291 g/mol. The van der Waals surface area contributed by atoms with Gasteiger partial charge in [0.15, 0.2) is 0 Å². The zero-order valence-corrected chi connectivity index (χ0v) is 12.4. The van der Waals surface area contributed by atoms with Crippen LogP contribution in [0.15, 0.2) is 18.5 Å². The second kappa shape index (κ2) is 7.53. The summed E-state index contributed by atoms with van der Waals surface area (Å²) in [6.07, 6.45) is 6.26. The molecule has 0 aliphatic carbocycles. The first-order valence-corrected chi connectivity index (χ1v) is 7.00. The lowest BCUT2D eigenvalue weighted by molar-refractivity contribution is 0.283. The van der Waals surface area contributed by atoms with Crippen molar-refractivity contribution >= 4 is 11.9 Å². The first-order valence-electron chi connectivity index (χ1n) is 7.00. The molecule has 2 N–H and O–H groups in total. The Hall–Kier alpha value is -2.22. The molecule has 2 aromatic heterocycles. The third-order valence-corrected chi connectivity index (χ3v) is 3.04. The van der Waals surface area contributed by atoms with Crippen LogP contribution in [0.25, 0.3) is 5.95 Å². The van der Waals surface area contributed by atoms with Crippen molar-refractivity contribution in [3.8, 4) is 5.95 Å². The van der Waals surface area contributed by atoms with Gasteiger partial charge < -0.3 is 15.3 Å². The van der Waals surface area contributed by atoms with E-state index in [1.54, 1.807) is 24.1 Å². The zero-order valence-electron chi connectivity index (χ0n) is 12.4. The predicted octanol–water partition coefficient (Wildman–Crippen LogP) is 0.698. The van der Waals surface area contributed by atoms with E-state index in [4.69, 9.17) is 5.11 Å². The summed E-state index contributed by atoms with van der Waals surface area (Å²) < 4.78 is 1.60. The van der Waals surface area contributed by atoms with Crippen LogP contribution in [0.4, 0.5) is 11.9 Å². The number of hydrogen-bond donors (Lipinski definition) is 2. The van der Waals surface area contributed by atoms with Gasteiger partial charge in [0.05, 0.1) is 0 Å². The Balaban J connectivity index is 2.13. The third-order valence-electron chi connectivity index (χ3n) is 3.04. The van der Waals surface area contributed by atoms with E-state index in [2.05, 4.69) is 25.4 Å². The first-order chi connectivity index (χ1) is 10.2. The summed E-state index contributed by atoms with van der Waals surface area (Å²) in [7, 11) is 3.72. The second-order valence-electron chi connectivity index (χ2n) is 4.67. The Labute approximate surface area is 123 Å². The Morgan fingerprint density at radius 3 is 2.76 bits per heavy atom. The smallest absolute Gasteiger partial charge is 0.257 e. The highest BCUT2D eigenvalue weighted by atomic mass is 16.2. The van der Waals surface area contributed by atoms with Crippen LogP contribution in [0.2, 0.25) is 0 Å². The molecule has 0 atom stereocenters. The number of nitrogens with zero attached hydrogens (tertiary/aromatic N) is 6. The molecule has 8 heteroatoms. The molecule has 0 unspecified atom stereocenters. The lowest BCUT2D eigenvalue weighted by Crippen LogP contribution is -2.23. The van der Waals surface area contributed by atoms with Crippen molar-refractivity contribution in [2.75, 3.05) is 37.5 Å². The normalized spacial score (nSPS) is 10.6. The van der Waals surface area contributed by atoms with Gasteiger partial charge in [-0.05, 0) is 25.3 Å². The standard InChI is InChI=1S/C13H21N7O/c1-14-11-16-12(19(2)8-4-3-5-10-21)18-13(17-11)20-9-6-7-15-20/h6-7,9,21H,3-5,8,10H2,1-2H3,(H,14,16,17,18). The fraction of sp³-hybridized carbons (Fsp3) is 0.538. The lowest BCUT2D eigenvalue weighted by atomic mass is 10.2. The molecule has 0 aromatic carbocycles. The molecule has 0 saturated carbocycles. The molecule has 2 rings (SSSR count). The van der Waals surface area contributed by atoms with E-state index in [0.717, 1.165) is 25.8 Å². The molecule has 0 bridgehead atoms. The number of aliphatic hydroxyl groups excluding tert-OH is 1. The molecule has 0 aliphatic heterocycles. The SMILES string of the molecule is CNc1nc(N(C)CCCCCO)nc(-n2cccn2)n1. The Kier molecular flexibility index (Phi) is 5.44. The van der Waals surface area contributed by atoms with Crippen LogP contribution in [-0.4, -0.2) is 57.1 Å². The van der Waals surface area contributed by atoms with Crippen LogP contribution in [0, 0.1) is 0 Å². The van der Waals surface area contributed by atoms with Gasteiger partial charge in [0, 0.05) is 39.6 Å². The second-order valence-corrected chi connectivity index (χ2v) is 4.67. The van der Waals surface area contributed by atoms with E-state index < -0.39 is 0 Å². The summed E-state index contributed by atoms with van der Waals surface area (Å²) >= 11 is 0. The third kappa shape index (κ3) is 4.12. The van der Waals surface area contributed by atoms with Crippen molar-refractivity contribution in [3.05, 3.63) is 18.5 Å². The minimum atomic E-state index is 0.239. The van der Waals surface area contributed by atoms with Gasteiger partial charge in [0.2, 0.25) is 11.9 Å². The number of aliphatic hydroxyl groups is 1. The predicted molar refractivity (Wildman–Crippen MR) is 80.7 cm³/mol. The monoisotopic (exact) mass is 291 g/mol. The largest absolute Gasteiger partial charge is 0.396 e. The summed E-state index contributed by atoms with van der Waals surface area (Å²) in [5.74, 6) is 1.59.